The molecule has 4 N–H and O–H groups in total. The Morgan fingerprint density at radius 1 is 0.700 bits per heavy atom. The molecule has 0 atom stereocenters. The van der Waals surface area contributed by atoms with Crippen LogP contribution in [0.3, 0.4) is 0 Å². The number of halogens is 2. The highest BCUT2D eigenvalue weighted by Gasteiger charge is 2.33. The van der Waals surface area contributed by atoms with E-state index in [0.717, 1.165) is 0 Å². The Labute approximate surface area is 131 Å². The standard InChI is InChI=1S/C14H8Br2N2O2/c15-5-1-7-11(9(17)3-5)14(20)12-8(13(7)19)2-6(16)4-10(12)18/h1-4H,17-18H2. The monoisotopic (exact) mass is 394 g/mol. The molecule has 0 aromatic heterocycles. The maximum Gasteiger partial charge on any atom is 0.198 e. The van der Waals surface area contributed by atoms with Crippen molar-refractivity contribution in [3.8, 4) is 0 Å². The first kappa shape index (κ1) is 13.3. The Morgan fingerprint density at radius 3 is 1.50 bits per heavy atom. The molecule has 0 saturated carbocycles. The summed E-state index contributed by atoms with van der Waals surface area (Å²) < 4.78 is 1.31. The van der Waals surface area contributed by atoms with Crippen LogP contribution in [0.25, 0.3) is 0 Å². The molecule has 0 unspecified atom stereocenters. The number of ketones is 2. The fourth-order valence-corrected chi connectivity index (χ4v) is 3.34. The summed E-state index contributed by atoms with van der Waals surface area (Å²) in [6, 6.07) is 6.41. The summed E-state index contributed by atoms with van der Waals surface area (Å²) >= 11 is 6.56. The summed E-state index contributed by atoms with van der Waals surface area (Å²) in [5.74, 6) is -0.569. The zero-order valence-electron chi connectivity index (χ0n) is 10.0. The van der Waals surface area contributed by atoms with E-state index < -0.39 is 0 Å². The molecule has 4 nitrogen and oxygen atoms in total. The van der Waals surface area contributed by atoms with Crippen molar-refractivity contribution in [1.82, 2.24) is 0 Å². The summed E-state index contributed by atoms with van der Waals surface area (Å²) in [4.78, 5) is 25.1. The van der Waals surface area contributed by atoms with Crippen LogP contribution in [0.2, 0.25) is 0 Å². The van der Waals surface area contributed by atoms with E-state index in [9.17, 15) is 9.59 Å². The molecule has 0 spiro atoms. The number of nitrogen functional groups attached to an aromatic ring is 2. The van der Waals surface area contributed by atoms with Gasteiger partial charge < -0.3 is 11.5 Å². The number of carbonyl (C=O) groups is 2. The van der Waals surface area contributed by atoms with Gasteiger partial charge in [-0.1, -0.05) is 31.9 Å². The number of hydrogen-bond donors (Lipinski definition) is 2. The number of carbonyl (C=O) groups excluding carboxylic acids is 2. The minimum absolute atomic E-state index is 0.222. The lowest BCUT2D eigenvalue weighted by molar-refractivity contribution is 0.0980. The van der Waals surface area contributed by atoms with Gasteiger partial charge in [-0.05, 0) is 24.3 Å². The van der Waals surface area contributed by atoms with Crippen LogP contribution < -0.4 is 11.5 Å². The average molecular weight is 396 g/mol. The predicted octanol–water partition coefficient (Wildman–Crippen LogP) is 3.15. The highest BCUT2D eigenvalue weighted by molar-refractivity contribution is 9.10. The van der Waals surface area contributed by atoms with E-state index in [1.54, 1.807) is 24.3 Å². The molecule has 0 saturated heterocycles. The number of benzene rings is 2. The Bertz CT molecular complexity index is 737. The van der Waals surface area contributed by atoms with Crippen LogP contribution in [0.1, 0.15) is 31.8 Å². The second-order valence-electron chi connectivity index (χ2n) is 4.49. The van der Waals surface area contributed by atoms with Gasteiger partial charge in [-0.2, -0.15) is 0 Å². The highest BCUT2D eigenvalue weighted by Crippen LogP contribution is 2.36. The molecular weight excluding hydrogens is 388 g/mol. The maximum absolute atomic E-state index is 12.6. The SMILES string of the molecule is Nc1cc(Br)cc2c1C(=O)c1c(N)cc(Br)cc1C2=O. The zero-order valence-corrected chi connectivity index (χ0v) is 13.2. The van der Waals surface area contributed by atoms with Crippen LogP contribution in [-0.4, -0.2) is 11.6 Å². The number of rotatable bonds is 0. The van der Waals surface area contributed by atoms with E-state index in [4.69, 9.17) is 11.5 Å². The Hall–Kier alpha value is -1.66. The Kier molecular flexibility index (Phi) is 2.95. The quantitative estimate of drug-likeness (QED) is 0.572. The van der Waals surface area contributed by atoms with Gasteiger partial charge in [-0.15, -0.1) is 0 Å². The third-order valence-corrected chi connectivity index (χ3v) is 4.13. The average Bonchev–Trinajstić information content (AvgIpc) is 2.34. The summed E-state index contributed by atoms with van der Waals surface area (Å²) in [7, 11) is 0. The van der Waals surface area contributed by atoms with Gasteiger partial charge in [0.25, 0.3) is 0 Å². The van der Waals surface area contributed by atoms with Gasteiger partial charge in [0.2, 0.25) is 0 Å². The van der Waals surface area contributed by atoms with E-state index in [0.29, 0.717) is 20.1 Å². The van der Waals surface area contributed by atoms with Crippen molar-refractivity contribution in [2.75, 3.05) is 11.5 Å². The summed E-state index contributed by atoms with van der Waals surface area (Å²) in [5.41, 5.74) is 13.3. The van der Waals surface area contributed by atoms with Crippen molar-refractivity contribution in [2.45, 2.75) is 0 Å². The van der Waals surface area contributed by atoms with Crippen molar-refractivity contribution in [1.29, 1.82) is 0 Å². The second-order valence-corrected chi connectivity index (χ2v) is 6.32. The van der Waals surface area contributed by atoms with E-state index in [1.165, 1.54) is 0 Å². The molecule has 1 aliphatic rings. The predicted molar refractivity (Wildman–Crippen MR) is 84.0 cm³/mol. The molecule has 0 amide bonds. The Morgan fingerprint density at radius 2 is 1.10 bits per heavy atom. The van der Waals surface area contributed by atoms with Gasteiger partial charge in [0.15, 0.2) is 11.6 Å². The van der Waals surface area contributed by atoms with Crippen LogP contribution in [-0.2, 0) is 0 Å². The second kappa shape index (κ2) is 4.43. The van der Waals surface area contributed by atoms with E-state index in [-0.39, 0.29) is 34.1 Å². The molecule has 0 fully saturated rings. The van der Waals surface area contributed by atoms with Crippen molar-refractivity contribution < 1.29 is 9.59 Å². The smallest absolute Gasteiger partial charge is 0.198 e. The van der Waals surface area contributed by atoms with E-state index in [2.05, 4.69) is 31.9 Å². The van der Waals surface area contributed by atoms with Gasteiger partial charge in [0, 0.05) is 31.4 Å². The molecule has 2 aromatic carbocycles. The summed E-state index contributed by atoms with van der Waals surface area (Å²) in [6.45, 7) is 0. The fraction of sp³-hybridized carbons (Fsp3) is 0. The van der Waals surface area contributed by atoms with Crippen molar-refractivity contribution in [2.24, 2.45) is 0 Å². The minimum atomic E-state index is -0.315. The molecule has 1 aliphatic carbocycles. The number of nitrogens with two attached hydrogens (primary N) is 2. The van der Waals surface area contributed by atoms with Gasteiger partial charge in [-0.25, -0.2) is 0 Å². The minimum Gasteiger partial charge on any atom is -0.398 e. The fourth-order valence-electron chi connectivity index (χ4n) is 2.39. The third-order valence-electron chi connectivity index (χ3n) is 3.21. The molecule has 0 radical (unpaired) electrons. The topological polar surface area (TPSA) is 86.2 Å². The lowest BCUT2D eigenvalue weighted by atomic mass is 9.82. The van der Waals surface area contributed by atoms with E-state index >= 15 is 0 Å². The van der Waals surface area contributed by atoms with Crippen molar-refractivity contribution in [3.05, 3.63) is 55.5 Å². The van der Waals surface area contributed by atoms with Gasteiger partial charge >= 0.3 is 0 Å². The third kappa shape index (κ3) is 1.79. The molecular formula is C14H8Br2N2O2. The van der Waals surface area contributed by atoms with Crippen LogP contribution in [0, 0.1) is 0 Å². The van der Waals surface area contributed by atoms with Gasteiger partial charge in [0.1, 0.15) is 0 Å². The van der Waals surface area contributed by atoms with Crippen LogP contribution >= 0.6 is 31.9 Å². The lowest BCUT2D eigenvalue weighted by Gasteiger charge is -2.20. The molecule has 0 heterocycles. The van der Waals surface area contributed by atoms with Gasteiger partial charge in [-0.3, -0.25) is 9.59 Å². The number of anilines is 2. The molecule has 100 valence electrons. The largest absolute Gasteiger partial charge is 0.398 e. The lowest BCUT2D eigenvalue weighted by Crippen LogP contribution is -2.23. The first-order chi connectivity index (χ1) is 9.40. The van der Waals surface area contributed by atoms with E-state index in [1.807, 2.05) is 0 Å². The van der Waals surface area contributed by atoms with Gasteiger partial charge in [0.05, 0.1) is 11.1 Å². The summed E-state index contributed by atoms with van der Waals surface area (Å²) in [6.07, 6.45) is 0. The number of hydrogen-bond acceptors (Lipinski definition) is 4. The molecule has 0 bridgehead atoms. The normalized spacial score (nSPS) is 13.1. The number of fused-ring (bicyclic) bond motifs is 2. The first-order valence-electron chi connectivity index (χ1n) is 5.67. The van der Waals surface area contributed by atoms with Crippen LogP contribution in [0.15, 0.2) is 33.2 Å². The summed E-state index contributed by atoms with van der Waals surface area (Å²) in [5, 5.41) is 0. The first-order valence-corrected chi connectivity index (χ1v) is 7.26. The molecule has 3 rings (SSSR count). The van der Waals surface area contributed by atoms with Crippen molar-refractivity contribution >= 4 is 54.8 Å². The highest BCUT2D eigenvalue weighted by atomic mass is 79.9. The zero-order chi connectivity index (χ0) is 14.6. The molecule has 6 heteroatoms. The van der Waals surface area contributed by atoms with Crippen LogP contribution in [0.5, 0.6) is 0 Å². The maximum atomic E-state index is 12.6. The Balaban J connectivity index is 2.40. The molecule has 2 aromatic rings. The molecule has 0 aliphatic heterocycles. The van der Waals surface area contributed by atoms with Crippen molar-refractivity contribution in [3.63, 3.8) is 0 Å². The molecule has 20 heavy (non-hydrogen) atoms. The van der Waals surface area contributed by atoms with Crippen LogP contribution in [0.4, 0.5) is 11.4 Å².